The van der Waals surface area contributed by atoms with E-state index in [1.165, 1.54) is 7.11 Å². The van der Waals surface area contributed by atoms with Crippen molar-refractivity contribution >= 4 is 15.7 Å². The molecule has 22 heavy (non-hydrogen) atoms. The van der Waals surface area contributed by atoms with Gasteiger partial charge in [-0.3, -0.25) is 4.72 Å². The zero-order valence-electron chi connectivity index (χ0n) is 13.3. The average molecular weight is 319 g/mol. The van der Waals surface area contributed by atoms with E-state index in [0.717, 1.165) is 11.1 Å². The highest BCUT2D eigenvalue weighted by molar-refractivity contribution is 7.92. The molecular weight excluding hydrogens is 298 g/mol. The van der Waals surface area contributed by atoms with Gasteiger partial charge in [-0.25, -0.2) is 8.42 Å². The van der Waals surface area contributed by atoms with Crippen LogP contribution >= 0.6 is 0 Å². The van der Waals surface area contributed by atoms with Gasteiger partial charge in [-0.15, -0.1) is 0 Å². The molecule has 2 aromatic rings. The monoisotopic (exact) mass is 319 g/mol. The molecule has 2 aromatic carbocycles. The summed E-state index contributed by atoms with van der Waals surface area (Å²) in [6.07, 6.45) is 0. The maximum atomic E-state index is 12.7. The van der Waals surface area contributed by atoms with E-state index >= 15 is 0 Å². The standard InChI is InChI=1S/C17H21NO3S/c1-12(2)15-11-17(16(21-4)10-13(15)3)22(19,20)18-14-8-6-5-7-9-14/h5-12,18H,1-4H3. The lowest BCUT2D eigenvalue weighted by atomic mass is 9.98. The number of hydrogen-bond acceptors (Lipinski definition) is 3. The van der Waals surface area contributed by atoms with Crippen molar-refractivity contribution in [2.45, 2.75) is 31.6 Å². The number of para-hydroxylation sites is 1. The fraction of sp³-hybridized carbons (Fsp3) is 0.294. The predicted molar refractivity (Wildman–Crippen MR) is 89.1 cm³/mol. The summed E-state index contributed by atoms with van der Waals surface area (Å²) in [7, 11) is -2.23. The molecule has 4 nitrogen and oxygen atoms in total. The molecule has 0 unspecified atom stereocenters. The summed E-state index contributed by atoms with van der Waals surface area (Å²) in [6.45, 7) is 6.03. The number of rotatable bonds is 5. The molecule has 0 aliphatic carbocycles. The molecule has 0 spiro atoms. The summed E-state index contributed by atoms with van der Waals surface area (Å²) in [5.41, 5.74) is 2.54. The molecule has 0 radical (unpaired) electrons. The average Bonchev–Trinajstić information content (AvgIpc) is 2.46. The number of anilines is 1. The Hall–Kier alpha value is -2.01. The topological polar surface area (TPSA) is 55.4 Å². The van der Waals surface area contributed by atoms with E-state index < -0.39 is 10.0 Å². The number of sulfonamides is 1. The van der Waals surface area contributed by atoms with Gasteiger partial charge < -0.3 is 4.74 Å². The van der Waals surface area contributed by atoms with Gasteiger partial charge in [-0.1, -0.05) is 32.0 Å². The van der Waals surface area contributed by atoms with Crippen LogP contribution in [0, 0.1) is 6.92 Å². The highest BCUT2D eigenvalue weighted by atomic mass is 32.2. The van der Waals surface area contributed by atoms with Crippen LogP contribution < -0.4 is 9.46 Å². The van der Waals surface area contributed by atoms with E-state index in [-0.39, 0.29) is 10.8 Å². The highest BCUT2D eigenvalue weighted by Crippen LogP contribution is 2.32. The van der Waals surface area contributed by atoms with Crippen molar-refractivity contribution in [3.05, 3.63) is 53.6 Å². The van der Waals surface area contributed by atoms with Crippen molar-refractivity contribution in [2.24, 2.45) is 0 Å². The zero-order chi connectivity index (χ0) is 16.3. The van der Waals surface area contributed by atoms with E-state index in [4.69, 9.17) is 4.74 Å². The maximum Gasteiger partial charge on any atom is 0.265 e. The van der Waals surface area contributed by atoms with Crippen LogP contribution in [0.4, 0.5) is 5.69 Å². The minimum absolute atomic E-state index is 0.160. The van der Waals surface area contributed by atoms with Gasteiger partial charge in [0.15, 0.2) is 0 Å². The Morgan fingerprint density at radius 3 is 2.27 bits per heavy atom. The second-order valence-electron chi connectivity index (χ2n) is 5.49. The predicted octanol–water partition coefficient (Wildman–Crippen LogP) is 3.93. The molecule has 2 rings (SSSR count). The number of nitrogens with one attached hydrogen (secondary N) is 1. The lowest BCUT2D eigenvalue weighted by molar-refractivity contribution is 0.402. The first-order valence-corrected chi connectivity index (χ1v) is 8.60. The van der Waals surface area contributed by atoms with E-state index in [2.05, 4.69) is 4.72 Å². The normalized spacial score (nSPS) is 11.5. The van der Waals surface area contributed by atoms with Crippen LogP contribution in [0.2, 0.25) is 0 Å². The Bertz CT molecular complexity index is 753. The first kappa shape index (κ1) is 16.4. The molecule has 0 fully saturated rings. The van der Waals surface area contributed by atoms with Crippen LogP contribution in [-0.4, -0.2) is 15.5 Å². The fourth-order valence-corrected chi connectivity index (χ4v) is 3.63. The van der Waals surface area contributed by atoms with Crippen LogP contribution in [-0.2, 0) is 10.0 Å². The Morgan fingerprint density at radius 2 is 1.73 bits per heavy atom. The summed E-state index contributed by atoms with van der Waals surface area (Å²) in [4.78, 5) is 0.160. The number of hydrogen-bond donors (Lipinski definition) is 1. The molecule has 0 aromatic heterocycles. The van der Waals surface area contributed by atoms with Crippen molar-refractivity contribution in [3.8, 4) is 5.75 Å². The largest absolute Gasteiger partial charge is 0.495 e. The molecule has 0 atom stereocenters. The summed E-state index contributed by atoms with van der Waals surface area (Å²) in [6, 6.07) is 12.3. The smallest absolute Gasteiger partial charge is 0.265 e. The van der Waals surface area contributed by atoms with Gasteiger partial charge in [0.1, 0.15) is 10.6 Å². The number of aryl methyl sites for hydroxylation is 1. The van der Waals surface area contributed by atoms with Crippen molar-refractivity contribution in [3.63, 3.8) is 0 Å². The van der Waals surface area contributed by atoms with Crippen molar-refractivity contribution in [1.82, 2.24) is 0 Å². The van der Waals surface area contributed by atoms with Crippen LogP contribution in [0.3, 0.4) is 0 Å². The maximum absolute atomic E-state index is 12.7. The summed E-state index contributed by atoms with van der Waals surface area (Å²) in [5, 5.41) is 0. The molecular formula is C17H21NO3S. The lowest BCUT2D eigenvalue weighted by Gasteiger charge is -2.17. The van der Waals surface area contributed by atoms with Gasteiger partial charge in [-0.2, -0.15) is 0 Å². The molecule has 118 valence electrons. The van der Waals surface area contributed by atoms with Crippen molar-refractivity contribution in [1.29, 1.82) is 0 Å². The molecule has 0 aliphatic heterocycles. The summed E-state index contributed by atoms with van der Waals surface area (Å²) < 4.78 is 33.2. The van der Waals surface area contributed by atoms with E-state index in [9.17, 15) is 8.42 Å². The quantitative estimate of drug-likeness (QED) is 0.908. The Labute approximate surface area is 132 Å². The van der Waals surface area contributed by atoms with E-state index in [1.54, 1.807) is 36.4 Å². The van der Waals surface area contributed by atoms with Crippen molar-refractivity contribution < 1.29 is 13.2 Å². The van der Waals surface area contributed by atoms with Gasteiger partial charge in [0, 0.05) is 5.69 Å². The van der Waals surface area contributed by atoms with E-state index in [0.29, 0.717) is 11.4 Å². The van der Waals surface area contributed by atoms with Crippen LogP contribution in [0.1, 0.15) is 30.9 Å². The molecule has 0 aliphatic rings. The van der Waals surface area contributed by atoms with Crippen molar-refractivity contribution in [2.75, 3.05) is 11.8 Å². The highest BCUT2D eigenvalue weighted by Gasteiger charge is 2.22. The third-order valence-electron chi connectivity index (χ3n) is 3.49. The first-order chi connectivity index (χ1) is 10.3. The van der Waals surface area contributed by atoms with Gasteiger partial charge in [-0.05, 0) is 48.2 Å². The Morgan fingerprint density at radius 1 is 1.09 bits per heavy atom. The van der Waals surface area contributed by atoms with Gasteiger partial charge >= 0.3 is 0 Å². The number of ether oxygens (including phenoxy) is 1. The second-order valence-corrected chi connectivity index (χ2v) is 7.14. The lowest BCUT2D eigenvalue weighted by Crippen LogP contribution is -2.15. The SMILES string of the molecule is COc1cc(C)c(C(C)C)cc1S(=O)(=O)Nc1ccccc1. The number of methoxy groups -OCH3 is 1. The van der Waals surface area contributed by atoms with Crippen LogP contribution in [0.5, 0.6) is 5.75 Å². The van der Waals surface area contributed by atoms with Gasteiger partial charge in [0.25, 0.3) is 10.0 Å². The van der Waals surface area contributed by atoms with Crippen LogP contribution in [0.15, 0.2) is 47.4 Å². The van der Waals surface area contributed by atoms with Gasteiger partial charge in [0.05, 0.1) is 7.11 Å². The molecule has 1 N–H and O–H groups in total. The zero-order valence-corrected chi connectivity index (χ0v) is 14.1. The minimum atomic E-state index is -3.70. The molecule has 0 saturated heterocycles. The molecule has 0 saturated carbocycles. The minimum Gasteiger partial charge on any atom is -0.495 e. The second kappa shape index (κ2) is 6.40. The third kappa shape index (κ3) is 3.42. The third-order valence-corrected chi connectivity index (χ3v) is 4.89. The summed E-state index contributed by atoms with van der Waals surface area (Å²) >= 11 is 0. The summed E-state index contributed by atoms with van der Waals surface area (Å²) in [5.74, 6) is 0.585. The van der Waals surface area contributed by atoms with Crippen LogP contribution in [0.25, 0.3) is 0 Å². The molecule has 0 amide bonds. The van der Waals surface area contributed by atoms with E-state index in [1.807, 2.05) is 26.8 Å². The Balaban J connectivity index is 2.52. The van der Waals surface area contributed by atoms with Gasteiger partial charge in [0.2, 0.25) is 0 Å². The molecule has 0 heterocycles. The first-order valence-electron chi connectivity index (χ1n) is 7.11. The fourth-order valence-electron chi connectivity index (χ4n) is 2.39. The number of benzene rings is 2. The molecule has 5 heteroatoms. The Kier molecular flexibility index (Phi) is 4.76. The molecule has 0 bridgehead atoms.